The van der Waals surface area contributed by atoms with Crippen molar-refractivity contribution in [3.05, 3.63) is 0 Å². The number of nitrogens with one attached hydrogen (secondary N) is 1. The molecule has 0 radical (unpaired) electrons. The highest BCUT2D eigenvalue weighted by Gasteiger charge is 2.23. The summed E-state index contributed by atoms with van der Waals surface area (Å²) in [6, 6.07) is 0.317. The van der Waals surface area contributed by atoms with E-state index in [1.54, 1.807) is 0 Å². The maximum Gasteiger partial charge on any atom is 0.250 e. The fourth-order valence-corrected chi connectivity index (χ4v) is 2.01. The van der Waals surface area contributed by atoms with Gasteiger partial charge in [0.05, 0.1) is 0 Å². The number of carbonyl (C=O) groups is 1. The van der Waals surface area contributed by atoms with Crippen molar-refractivity contribution < 1.29 is 9.53 Å². The molecule has 1 rings (SSSR count). The third-order valence-electron chi connectivity index (χ3n) is 3.15. The van der Waals surface area contributed by atoms with Gasteiger partial charge in [-0.25, -0.2) is 0 Å². The lowest BCUT2D eigenvalue weighted by atomic mass is 9.87. The third kappa shape index (κ3) is 4.68. The van der Waals surface area contributed by atoms with Crippen molar-refractivity contribution in [2.24, 2.45) is 11.7 Å². The van der Waals surface area contributed by atoms with Gasteiger partial charge in [0.25, 0.3) is 5.91 Å². The second kappa shape index (κ2) is 7.87. The average Bonchev–Trinajstić information content (AvgIpc) is 2.23. The van der Waals surface area contributed by atoms with Crippen LogP contribution in [0, 0.1) is 5.92 Å². The predicted molar refractivity (Wildman–Crippen MR) is 66.7 cm³/mol. The summed E-state index contributed by atoms with van der Waals surface area (Å²) in [5, 5.41) is 3.00. The second-order valence-corrected chi connectivity index (χ2v) is 4.43. The molecule has 0 aromatic carbocycles. The van der Waals surface area contributed by atoms with Crippen LogP contribution in [0.25, 0.3) is 0 Å². The first-order chi connectivity index (χ1) is 7.17. The van der Waals surface area contributed by atoms with E-state index in [0.29, 0.717) is 6.04 Å². The Morgan fingerprint density at radius 2 is 2.00 bits per heavy atom. The Bertz CT molecular complexity index is 202. The molecule has 3 N–H and O–H groups in total. The lowest BCUT2D eigenvalue weighted by Gasteiger charge is -2.28. The minimum Gasteiger partial charge on any atom is -0.370 e. The van der Waals surface area contributed by atoms with Crippen LogP contribution in [-0.4, -0.2) is 31.7 Å². The van der Waals surface area contributed by atoms with Crippen molar-refractivity contribution in [1.82, 2.24) is 5.32 Å². The smallest absolute Gasteiger partial charge is 0.250 e. The Morgan fingerprint density at radius 3 is 2.44 bits per heavy atom. The first-order valence-electron chi connectivity index (χ1n) is 5.70. The van der Waals surface area contributed by atoms with Crippen molar-refractivity contribution in [3.63, 3.8) is 0 Å². The first kappa shape index (κ1) is 15.7. The van der Waals surface area contributed by atoms with Crippen LogP contribution >= 0.6 is 12.4 Å². The summed E-state index contributed by atoms with van der Waals surface area (Å²) in [5.41, 5.74) is 5.43. The molecule has 1 unspecified atom stereocenters. The molecule has 1 atom stereocenters. The number of hydrogen-bond donors (Lipinski definition) is 2. The van der Waals surface area contributed by atoms with E-state index in [0.717, 1.165) is 18.8 Å². The maximum absolute atomic E-state index is 11.6. The van der Waals surface area contributed by atoms with E-state index in [1.807, 2.05) is 0 Å². The number of methoxy groups -OCH3 is 1. The van der Waals surface area contributed by atoms with Crippen molar-refractivity contribution in [3.8, 4) is 0 Å². The lowest BCUT2D eigenvalue weighted by Crippen LogP contribution is -2.46. The zero-order valence-electron chi connectivity index (χ0n) is 10.1. The van der Waals surface area contributed by atoms with Gasteiger partial charge in [-0.05, 0) is 31.6 Å². The average molecular weight is 251 g/mol. The van der Waals surface area contributed by atoms with Crippen LogP contribution in [-0.2, 0) is 9.53 Å². The fraction of sp³-hybridized carbons (Fsp3) is 0.909. The summed E-state index contributed by atoms with van der Waals surface area (Å²) in [6.45, 7) is 2.50. The van der Waals surface area contributed by atoms with Gasteiger partial charge in [0.15, 0.2) is 0 Å². The Morgan fingerprint density at radius 1 is 1.44 bits per heavy atom. The molecule has 0 spiro atoms. The summed E-state index contributed by atoms with van der Waals surface area (Å²) in [4.78, 5) is 11.6. The molecule has 96 valence electrons. The van der Waals surface area contributed by atoms with Crippen molar-refractivity contribution in [2.75, 3.05) is 13.7 Å². The zero-order chi connectivity index (χ0) is 11.3. The van der Waals surface area contributed by atoms with Gasteiger partial charge in [-0.15, -0.1) is 12.4 Å². The number of carbonyl (C=O) groups excluding carboxylic acids is 1. The molecule has 1 fully saturated rings. The molecule has 0 bridgehead atoms. The SMILES string of the molecule is COC(CN)C(=O)NC1CCC(C)CC1.Cl. The second-order valence-electron chi connectivity index (χ2n) is 4.43. The number of hydrogen-bond acceptors (Lipinski definition) is 3. The van der Waals surface area contributed by atoms with Crippen LogP contribution in [0.5, 0.6) is 0 Å². The monoisotopic (exact) mass is 250 g/mol. The summed E-state index contributed by atoms with van der Waals surface area (Å²) in [5.74, 6) is 0.727. The third-order valence-corrected chi connectivity index (χ3v) is 3.15. The van der Waals surface area contributed by atoms with E-state index in [1.165, 1.54) is 20.0 Å². The van der Waals surface area contributed by atoms with Gasteiger partial charge in [0.2, 0.25) is 0 Å². The minimum absolute atomic E-state index is 0. The van der Waals surface area contributed by atoms with E-state index < -0.39 is 6.10 Å². The molecule has 4 nitrogen and oxygen atoms in total. The molecule has 16 heavy (non-hydrogen) atoms. The van der Waals surface area contributed by atoms with Crippen molar-refractivity contribution >= 4 is 18.3 Å². The summed E-state index contributed by atoms with van der Waals surface area (Å²) < 4.78 is 4.99. The molecule has 1 aliphatic rings. The van der Waals surface area contributed by atoms with Crippen molar-refractivity contribution in [2.45, 2.75) is 44.8 Å². The Balaban J connectivity index is 0.00000225. The molecule has 0 saturated heterocycles. The summed E-state index contributed by atoms with van der Waals surface area (Å²) >= 11 is 0. The van der Waals surface area contributed by atoms with E-state index in [-0.39, 0.29) is 24.9 Å². The largest absolute Gasteiger partial charge is 0.370 e. The summed E-state index contributed by atoms with van der Waals surface area (Å²) in [6.07, 6.45) is 4.06. The molecule has 1 aliphatic carbocycles. The number of halogens is 1. The van der Waals surface area contributed by atoms with Crippen LogP contribution in [0.2, 0.25) is 0 Å². The van der Waals surface area contributed by atoms with Crippen LogP contribution < -0.4 is 11.1 Å². The van der Waals surface area contributed by atoms with E-state index in [2.05, 4.69) is 12.2 Å². The predicted octanol–water partition coefficient (Wildman–Crippen LogP) is 1.08. The first-order valence-corrected chi connectivity index (χ1v) is 5.70. The molecule has 0 heterocycles. The lowest BCUT2D eigenvalue weighted by molar-refractivity contribution is -0.131. The number of rotatable bonds is 4. The van der Waals surface area contributed by atoms with Crippen molar-refractivity contribution in [1.29, 1.82) is 0 Å². The Labute approximate surface area is 104 Å². The number of amides is 1. The topological polar surface area (TPSA) is 64.3 Å². The number of nitrogens with two attached hydrogens (primary N) is 1. The molecule has 1 saturated carbocycles. The molecule has 1 amide bonds. The van der Waals surface area contributed by atoms with Crippen LogP contribution in [0.15, 0.2) is 0 Å². The van der Waals surface area contributed by atoms with Gasteiger partial charge in [-0.2, -0.15) is 0 Å². The molecule has 0 aromatic heterocycles. The normalized spacial score (nSPS) is 26.7. The van der Waals surface area contributed by atoms with E-state index in [4.69, 9.17) is 10.5 Å². The summed E-state index contributed by atoms with van der Waals surface area (Å²) in [7, 11) is 1.51. The highest BCUT2D eigenvalue weighted by Crippen LogP contribution is 2.23. The number of ether oxygens (including phenoxy) is 1. The quantitative estimate of drug-likeness (QED) is 0.785. The van der Waals surface area contributed by atoms with E-state index in [9.17, 15) is 4.79 Å². The van der Waals surface area contributed by atoms with E-state index >= 15 is 0 Å². The van der Waals surface area contributed by atoms with Gasteiger partial charge in [0.1, 0.15) is 6.10 Å². The van der Waals surface area contributed by atoms with Gasteiger partial charge in [-0.3, -0.25) is 4.79 Å². The Hall–Kier alpha value is -0.320. The molecule has 5 heteroatoms. The molecule has 0 aliphatic heterocycles. The molecule has 0 aromatic rings. The van der Waals surface area contributed by atoms with Gasteiger partial charge < -0.3 is 15.8 Å². The molecular weight excluding hydrogens is 228 g/mol. The Kier molecular flexibility index (Phi) is 7.72. The highest BCUT2D eigenvalue weighted by atomic mass is 35.5. The van der Waals surface area contributed by atoms with Crippen LogP contribution in [0.3, 0.4) is 0 Å². The van der Waals surface area contributed by atoms with Gasteiger partial charge >= 0.3 is 0 Å². The van der Waals surface area contributed by atoms with Crippen LogP contribution in [0.1, 0.15) is 32.6 Å². The standard InChI is InChI=1S/C11H22N2O2.ClH/c1-8-3-5-9(6-4-8)13-11(14)10(7-12)15-2;/h8-10H,3-7,12H2,1-2H3,(H,13,14);1H. The van der Waals surface area contributed by atoms with Gasteiger partial charge in [-0.1, -0.05) is 6.92 Å². The zero-order valence-corrected chi connectivity index (χ0v) is 10.9. The minimum atomic E-state index is -0.496. The highest BCUT2D eigenvalue weighted by molar-refractivity contribution is 5.85. The molecular formula is C11H23ClN2O2. The maximum atomic E-state index is 11.6. The van der Waals surface area contributed by atoms with Gasteiger partial charge in [0, 0.05) is 19.7 Å². The van der Waals surface area contributed by atoms with Crippen LogP contribution in [0.4, 0.5) is 0 Å². The fourth-order valence-electron chi connectivity index (χ4n) is 2.01.